The Morgan fingerprint density at radius 2 is 1.67 bits per heavy atom. The molecule has 1 fully saturated rings. The summed E-state index contributed by atoms with van der Waals surface area (Å²) in [6.07, 6.45) is 4.83. The van der Waals surface area contributed by atoms with Gasteiger partial charge in [0.25, 0.3) is 10.2 Å². The van der Waals surface area contributed by atoms with Gasteiger partial charge in [-0.25, -0.2) is 0 Å². The van der Waals surface area contributed by atoms with E-state index in [1.807, 2.05) is 13.8 Å². The third kappa shape index (κ3) is 3.74. The minimum Gasteiger partial charge on any atom is -0.199 e. The van der Waals surface area contributed by atoms with Crippen LogP contribution in [0.2, 0.25) is 0 Å². The van der Waals surface area contributed by atoms with Crippen LogP contribution in [0.1, 0.15) is 46.0 Å². The fraction of sp³-hybridized carbons (Fsp3) is 1.00. The second-order valence-corrected chi connectivity index (χ2v) is 5.80. The van der Waals surface area contributed by atoms with Crippen LogP contribution in [0.25, 0.3) is 0 Å². The molecule has 1 N–H and O–H groups in total. The van der Waals surface area contributed by atoms with Gasteiger partial charge in [0.15, 0.2) is 0 Å². The summed E-state index contributed by atoms with van der Waals surface area (Å²) in [5.41, 5.74) is 0. The molecule has 15 heavy (non-hydrogen) atoms. The first kappa shape index (κ1) is 12.9. The fourth-order valence-corrected chi connectivity index (χ4v) is 3.49. The molecule has 1 heterocycles. The molecular weight excluding hydrogens is 212 g/mol. The molecule has 5 heteroatoms. The normalized spacial score (nSPS) is 19.7. The van der Waals surface area contributed by atoms with E-state index in [0.29, 0.717) is 13.1 Å². The van der Waals surface area contributed by atoms with Gasteiger partial charge < -0.3 is 0 Å². The van der Waals surface area contributed by atoms with E-state index in [4.69, 9.17) is 0 Å². The van der Waals surface area contributed by atoms with Crippen LogP contribution >= 0.6 is 0 Å². The van der Waals surface area contributed by atoms with Crippen LogP contribution in [0.5, 0.6) is 0 Å². The van der Waals surface area contributed by atoms with Crippen molar-refractivity contribution in [2.24, 2.45) is 0 Å². The summed E-state index contributed by atoms with van der Waals surface area (Å²) in [5, 5.41) is 0. The van der Waals surface area contributed by atoms with Crippen LogP contribution < -0.4 is 4.72 Å². The Hall–Kier alpha value is -0.130. The van der Waals surface area contributed by atoms with E-state index in [0.717, 1.165) is 32.1 Å². The molecule has 0 aromatic heterocycles. The van der Waals surface area contributed by atoms with Gasteiger partial charge in [0.1, 0.15) is 0 Å². The number of nitrogens with zero attached hydrogens (tertiary/aromatic N) is 1. The molecule has 0 atom stereocenters. The molecule has 1 aliphatic rings. The van der Waals surface area contributed by atoms with Crippen molar-refractivity contribution in [3.05, 3.63) is 0 Å². The lowest BCUT2D eigenvalue weighted by Gasteiger charge is -2.28. The highest BCUT2D eigenvalue weighted by Gasteiger charge is 2.25. The van der Waals surface area contributed by atoms with Crippen molar-refractivity contribution in [2.45, 2.75) is 52.0 Å². The molecule has 0 unspecified atom stereocenters. The number of nitrogens with one attached hydrogen (secondary N) is 1. The first-order chi connectivity index (χ1) is 7.10. The predicted octanol–water partition coefficient (Wildman–Crippen LogP) is 1.50. The van der Waals surface area contributed by atoms with Crippen LogP contribution in [0.15, 0.2) is 0 Å². The monoisotopic (exact) mass is 234 g/mol. The quantitative estimate of drug-likeness (QED) is 0.783. The number of rotatable bonds is 5. The summed E-state index contributed by atoms with van der Waals surface area (Å²) < 4.78 is 28.2. The lowest BCUT2D eigenvalue weighted by atomic mass is 10.2. The van der Waals surface area contributed by atoms with Crippen LogP contribution in [0.3, 0.4) is 0 Å². The van der Waals surface area contributed by atoms with Gasteiger partial charge in [-0.05, 0) is 25.7 Å². The highest BCUT2D eigenvalue weighted by Crippen LogP contribution is 2.13. The van der Waals surface area contributed by atoms with Gasteiger partial charge in [-0.15, -0.1) is 0 Å². The molecule has 0 spiro atoms. The van der Waals surface area contributed by atoms with Gasteiger partial charge >= 0.3 is 0 Å². The average molecular weight is 234 g/mol. The molecule has 90 valence electrons. The first-order valence-corrected chi connectivity index (χ1v) is 7.31. The SMILES string of the molecule is CCC(CC)NS(=O)(=O)N1CCCCC1. The molecule has 0 bridgehead atoms. The summed E-state index contributed by atoms with van der Waals surface area (Å²) in [6.45, 7) is 5.37. The minimum atomic E-state index is -3.22. The molecule has 1 saturated heterocycles. The molecule has 1 rings (SSSR count). The molecule has 1 aliphatic heterocycles. The highest BCUT2D eigenvalue weighted by molar-refractivity contribution is 7.87. The van der Waals surface area contributed by atoms with Crippen molar-refractivity contribution in [1.29, 1.82) is 0 Å². The summed E-state index contributed by atoms with van der Waals surface area (Å²) in [4.78, 5) is 0. The Bertz CT molecular complexity index is 267. The Labute approximate surface area is 93.2 Å². The highest BCUT2D eigenvalue weighted by atomic mass is 32.2. The zero-order valence-corrected chi connectivity index (χ0v) is 10.5. The van der Waals surface area contributed by atoms with Crippen molar-refractivity contribution >= 4 is 10.2 Å². The molecule has 0 amide bonds. The summed E-state index contributed by atoms with van der Waals surface area (Å²) >= 11 is 0. The van der Waals surface area contributed by atoms with Crippen LogP contribution in [-0.2, 0) is 10.2 Å². The molecular formula is C10H22N2O2S. The van der Waals surface area contributed by atoms with Gasteiger partial charge in [-0.1, -0.05) is 20.3 Å². The third-order valence-corrected chi connectivity index (χ3v) is 4.63. The standard InChI is InChI=1S/C10H22N2O2S/c1-3-10(4-2)11-15(13,14)12-8-6-5-7-9-12/h10-11H,3-9H2,1-2H3. The minimum absolute atomic E-state index is 0.0805. The Morgan fingerprint density at radius 3 is 2.13 bits per heavy atom. The summed E-state index contributed by atoms with van der Waals surface area (Å²) in [6, 6.07) is 0.0805. The number of hydrogen-bond donors (Lipinski definition) is 1. The molecule has 0 saturated carbocycles. The Balaban J connectivity index is 2.56. The van der Waals surface area contributed by atoms with Gasteiger partial charge in [-0.3, -0.25) is 0 Å². The van der Waals surface area contributed by atoms with E-state index in [9.17, 15) is 8.42 Å². The maximum atomic E-state index is 11.9. The Morgan fingerprint density at radius 1 is 1.13 bits per heavy atom. The molecule has 0 aromatic rings. The third-order valence-electron chi connectivity index (χ3n) is 2.96. The topological polar surface area (TPSA) is 49.4 Å². The van der Waals surface area contributed by atoms with E-state index in [1.165, 1.54) is 0 Å². The fourth-order valence-electron chi connectivity index (χ4n) is 1.85. The molecule has 0 radical (unpaired) electrons. The molecule has 0 aliphatic carbocycles. The van der Waals surface area contributed by atoms with Crippen molar-refractivity contribution in [3.63, 3.8) is 0 Å². The largest absolute Gasteiger partial charge is 0.279 e. The van der Waals surface area contributed by atoms with Gasteiger partial charge in [0.05, 0.1) is 0 Å². The summed E-state index contributed by atoms with van der Waals surface area (Å²) in [7, 11) is -3.22. The van der Waals surface area contributed by atoms with E-state index < -0.39 is 10.2 Å². The van der Waals surface area contributed by atoms with Gasteiger partial charge in [-0.2, -0.15) is 17.4 Å². The average Bonchev–Trinajstić information content (AvgIpc) is 2.27. The predicted molar refractivity (Wildman–Crippen MR) is 61.8 cm³/mol. The van der Waals surface area contributed by atoms with Gasteiger partial charge in [0, 0.05) is 19.1 Å². The number of hydrogen-bond acceptors (Lipinski definition) is 2. The Kier molecular flexibility index (Phi) is 5.02. The van der Waals surface area contributed by atoms with Crippen molar-refractivity contribution in [2.75, 3.05) is 13.1 Å². The van der Waals surface area contributed by atoms with E-state index in [2.05, 4.69) is 4.72 Å². The molecule has 0 aromatic carbocycles. The molecule has 4 nitrogen and oxygen atoms in total. The van der Waals surface area contributed by atoms with Crippen LogP contribution in [-0.4, -0.2) is 31.9 Å². The number of piperidine rings is 1. The van der Waals surface area contributed by atoms with Crippen LogP contribution in [0, 0.1) is 0 Å². The smallest absolute Gasteiger partial charge is 0.199 e. The maximum Gasteiger partial charge on any atom is 0.279 e. The van der Waals surface area contributed by atoms with E-state index >= 15 is 0 Å². The first-order valence-electron chi connectivity index (χ1n) is 5.87. The summed E-state index contributed by atoms with van der Waals surface area (Å²) in [5.74, 6) is 0. The van der Waals surface area contributed by atoms with E-state index in [1.54, 1.807) is 4.31 Å². The van der Waals surface area contributed by atoms with Crippen molar-refractivity contribution < 1.29 is 8.42 Å². The van der Waals surface area contributed by atoms with Crippen molar-refractivity contribution in [1.82, 2.24) is 9.03 Å². The second-order valence-electron chi connectivity index (χ2n) is 4.10. The van der Waals surface area contributed by atoms with E-state index in [-0.39, 0.29) is 6.04 Å². The lowest BCUT2D eigenvalue weighted by Crippen LogP contribution is -2.46. The van der Waals surface area contributed by atoms with Crippen LogP contribution in [0.4, 0.5) is 0 Å². The lowest BCUT2D eigenvalue weighted by molar-refractivity contribution is 0.337. The zero-order chi connectivity index (χ0) is 11.3. The second kappa shape index (κ2) is 5.82. The van der Waals surface area contributed by atoms with Crippen molar-refractivity contribution in [3.8, 4) is 0 Å². The maximum absolute atomic E-state index is 11.9. The van der Waals surface area contributed by atoms with Gasteiger partial charge in [0.2, 0.25) is 0 Å². The zero-order valence-electron chi connectivity index (χ0n) is 9.70.